The number of carbonyl (C=O) groups is 2. The lowest BCUT2D eigenvalue weighted by molar-refractivity contribution is -0.149. The highest BCUT2D eigenvalue weighted by atomic mass is 35.5. The van der Waals surface area contributed by atoms with Gasteiger partial charge in [-0.15, -0.1) is 12.4 Å². The van der Waals surface area contributed by atoms with Gasteiger partial charge in [0, 0.05) is 13.1 Å². The number of carboxylic acids is 1. The Morgan fingerprint density at radius 3 is 2.63 bits per heavy atom. The van der Waals surface area contributed by atoms with Crippen molar-refractivity contribution in [3.63, 3.8) is 0 Å². The minimum atomic E-state index is -0.722. The van der Waals surface area contributed by atoms with Crippen LogP contribution in [0.2, 0.25) is 0 Å². The van der Waals surface area contributed by atoms with Crippen LogP contribution in [-0.4, -0.2) is 41.5 Å². The van der Waals surface area contributed by atoms with Gasteiger partial charge in [-0.1, -0.05) is 36.2 Å². The Labute approximate surface area is 182 Å². The van der Waals surface area contributed by atoms with Crippen LogP contribution in [0, 0.1) is 18.3 Å². The smallest absolute Gasteiger partial charge is 0.311 e. The zero-order chi connectivity index (χ0) is 20.4. The molecule has 2 aromatic rings. The quantitative estimate of drug-likeness (QED) is 0.712. The van der Waals surface area contributed by atoms with E-state index in [-0.39, 0.29) is 30.8 Å². The molecule has 0 spiro atoms. The van der Waals surface area contributed by atoms with Gasteiger partial charge in [-0.3, -0.25) is 14.5 Å². The van der Waals surface area contributed by atoms with Crippen LogP contribution in [0.3, 0.4) is 0 Å². The van der Waals surface area contributed by atoms with Gasteiger partial charge in [0.15, 0.2) is 5.75 Å². The number of hydrogen-bond acceptors (Lipinski definition) is 4. The lowest BCUT2D eigenvalue weighted by atomic mass is 9.81. The number of anilines is 1. The lowest BCUT2D eigenvalue weighted by Gasteiger charge is -2.23. The highest BCUT2D eigenvalue weighted by molar-refractivity contribution is 5.93. The van der Waals surface area contributed by atoms with Crippen molar-refractivity contribution in [2.45, 2.75) is 26.2 Å². The molecule has 7 heteroatoms. The minimum Gasteiger partial charge on any atom is -0.481 e. The maximum absolute atomic E-state index is 12.7. The summed E-state index contributed by atoms with van der Waals surface area (Å²) in [4.78, 5) is 26.4. The van der Waals surface area contributed by atoms with E-state index in [1.165, 1.54) is 0 Å². The first-order chi connectivity index (χ1) is 14.0. The highest BCUT2D eigenvalue weighted by Gasteiger charge is 2.54. The number of rotatable bonds is 6. The van der Waals surface area contributed by atoms with Crippen molar-refractivity contribution in [2.24, 2.45) is 11.3 Å². The molecular formula is C23H27ClN2O4. The van der Waals surface area contributed by atoms with Crippen molar-refractivity contribution in [3.05, 3.63) is 54.1 Å². The number of aryl methyl sites for hydroxylation is 1. The van der Waals surface area contributed by atoms with Crippen LogP contribution >= 0.6 is 12.4 Å². The minimum absolute atomic E-state index is 0. The second kappa shape index (κ2) is 9.06. The van der Waals surface area contributed by atoms with Crippen LogP contribution in [-0.2, 0) is 9.59 Å². The Balaban J connectivity index is 0.00000256. The topological polar surface area (TPSA) is 78.9 Å². The van der Waals surface area contributed by atoms with Crippen LogP contribution < -0.4 is 10.1 Å². The molecule has 1 aliphatic heterocycles. The Morgan fingerprint density at radius 2 is 1.93 bits per heavy atom. The molecule has 1 aliphatic carbocycles. The lowest BCUT2D eigenvalue weighted by Crippen LogP contribution is -2.37. The summed E-state index contributed by atoms with van der Waals surface area (Å²) in [6, 6.07) is 15.0. The first-order valence-electron chi connectivity index (χ1n) is 10.1. The maximum atomic E-state index is 12.7. The summed E-state index contributed by atoms with van der Waals surface area (Å²) in [7, 11) is 0. The van der Waals surface area contributed by atoms with Crippen LogP contribution in [0.4, 0.5) is 5.69 Å². The van der Waals surface area contributed by atoms with Crippen LogP contribution in [0.25, 0.3) is 0 Å². The van der Waals surface area contributed by atoms with Crippen molar-refractivity contribution in [1.82, 2.24) is 4.90 Å². The molecule has 1 saturated heterocycles. The average molecular weight is 431 g/mol. The predicted molar refractivity (Wildman–Crippen MR) is 117 cm³/mol. The van der Waals surface area contributed by atoms with Gasteiger partial charge in [0.2, 0.25) is 5.91 Å². The molecule has 0 bridgehead atoms. The van der Waals surface area contributed by atoms with Gasteiger partial charge >= 0.3 is 5.97 Å². The Morgan fingerprint density at radius 1 is 1.20 bits per heavy atom. The molecule has 0 radical (unpaired) electrons. The van der Waals surface area contributed by atoms with E-state index in [1.54, 1.807) is 6.07 Å². The summed E-state index contributed by atoms with van der Waals surface area (Å²) in [5, 5.41) is 12.6. The number of para-hydroxylation sites is 2. The molecule has 2 N–H and O–H groups in total. The van der Waals surface area contributed by atoms with Gasteiger partial charge in [-0.2, -0.15) is 0 Å². The number of ether oxygens (including phenoxy) is 1. The van der Waals surface area contributed by atoms with Gasteiger partial charge in [0.05, 0.1) is 17.6 Å². The molecule has 1 amide bonds. The van der Waals surface area contributed by atoms with E-state index in [4.69, 9.17) is 4.74 Å². The number of carboxylic acid groups (broad SMARTS) is 1. The molecule has 2 aromatic carbocycles. The number of likely N-dealkylation sites (tertiary alicyclic amines) is 1. The Bertz CT molecular complexity index is 918. The molecule has 0 aromatic heterocycles. The molecule has 2 fully saturated rings. The molecule has 2 atom stereocenters. The fraction of sp³-hybridized carbons (Fsp3) is 0.391. The van der Waals surface area contributed by atoms with E-state index in [0.29, 0.717) is 36.7 Å². The largest absolute Gasteiger partial charge is 0.481 e. The van der Waals surface area contributed by atoms with Crippen molar-refractivity contribution in [1.29, 1.82) is 0 Å². The van der Waals surface area contributed by atoms with Crippen LogP contribution in [0.15, 0.2) is 48.5 Å². The van der Waals surface area contributed by atoms with Gasteiger partial charge in [-0.25, -0.2) is 0 Å². The first-order valence-corrected chi connectivity index (χ1v) is 10.1. The second-order valence-electron chi connectivity index (χ2n) is 8.18. The molecule has 1 heterocycles. The van der Waals surface area contributed by atoms with Crippen LogP contribution in [0.5, 0.6) is 11.5 Å². The maximum Gasteiger partial charge on any atom is 0.311 e. The van der Waals surface area contributed by atoms with E-state index in [2.05, 4.69) is 5.32 Å². The molecule has 0 unspecified atom stereocenters. The number of hydrogen-bond donors (Lipinski definition) is 2. The highest BCUT2D eigenvalue weighted by Crippen LogP contribution is 2.48. The summed E-state index contributed by atoms with van der Waals surface area (Å²) >= 11 is 0. The van der Waals surface area contributed by atoms with E-state index in [0.717, 1.165) is 18.4 Å². The fourth-order valence-electron chi connectivity index (χ4n) is 4.65. The summed E-state index contributed by atoms with van der Waals surface area (Å²) in [5.74, 6) is 0.535. The van der Waals surface area contributed by atoms with E-state index >= 15 is 0 Å². The Hall–Kier alpha value is -2.57. The van der Waals surface area contributed by atoms with Crippen molar-refractivity contribution in [3.8, 4) is 11.5 Å². The summed E-state index contributed by atoms with van der Waals surface area (Å²) in [5.41, 5.74) is 1.08. The molecular weight excluding hydrogens is 404 g/mol. The van der Waals surface area contributed by atoms with E-state index in [9.17, 15) is 14.7 Å². The van der Waals surface area contributed by atoms with Crippen molar-refractivity contribution in [2.75, 3.05) is 25.0 Å². The molecule has 2 aliphatic rings. The number of halogens is 1. The van der Waals surface area contributed by atoms with Gasteiger partial charge in [0.1, 0.15) is 5.75 Å². The molecule has 1 saturated carbocycles. The number of fused-ring (bicyclic) bond motifs is 1. The van der Waals surface area contributed by atoms with Crippen LogP contribution in [0.1, 0.15) is 24.8 Å². The number of aliphatic carboxylic acids is 1. The van der Waals surface area contributed by atoms with Crippen molar-refractivity contribution >= 4 is 30.0 Å². The zero-order valence-corrected chi connectivity index (χ0v) is 17.8. The van der Waals surface area contributed by atoms with Gasteiger partial charge in [0.25, 0.3) is 0 Å². The third kappa shape index (κ3) is 4.45. The number of benzene rings is 2. The Kier molecular flexibility index (Phi) is 6.68. The molecule has 4 rings (SSSR count). The SMILES string of the molecule is Cc1ccc(Oc2ccccc2NC(=O)CN2C[C@@H]3CCC[C@@]3(C(=O)O)C2)cc1.Cl. The zero-order valence-electron chi connectivity index (χ0n) is 17.0. The summed E-state index contributed by atoms with van der Waals surface area (Å²) < 4.78 is 5.94. The van der Waals surface area contributed by atoms with Gasteiger partial charge in [-0.05, 0) is 49.9 Å². The third-order valence-electron chi connectivity index (χ3n) is 6.14. The predicted octanol–water partition coefficient (Wildman–Crippen LogP) is 4.33. The number of amides is 1. The number of carbonyl (C=O) groups excluding carboxylic acids is 1. The monoisotopic (exact) mass is 430 g/mol. The standard InChI is InChI=1S/C23H26N2O4.ClH/c1-16-8-10-18(11-9-16)29-20-7-3-2-6-19(20)24-21(26)14-25-13-17-5-4-12-23(17,15-25)22(27)28;/h2-3,6-11,17H,4-5,12-15H2,1H3,(H,24,26)(H,27,28);1H/t17-,23+;/m0./s1. The molecule has 30 heavy (non-hydrogen) atoms. The van der Waals surface area contributed by atoms with E-state index < -0.39 is 11.4 Å². The average Bonchev–Trinajstić information content (AvgIpc) is 3.23. The molecule has 160 valence electrons. The second-order valence-corrected chi connectivity index (χ2v) is 8.18. The van der Waals surface area contributed by atoms with E-state index in [1.807, 2.05) is 54.3 Å². The van der Waals surface area contributed by atoms with Crippen molar-refractivity contribution < 1.29 is 19.4 Å². The fourth-order valence-corrected chi connectivity index (χ4v) is 4.65. The number of nitrogens with one attached hydrogen (secondary N) is 1. The summed E-state index contributed by atoms with van der Waals surface area (Å²) in [6.07, 6.45) is 2.59. The third-order valence-corrected chi connectivity index (χ3v) is 6.14. The first kappa shape index (κ1) is 22.1. The molecule has 6 nitrogen and oxygen atoms in total. The number of nitrogens with zero attached hydrogens (tertiary/aromatic N) is 1. The normalized spacial score (nSPS) is 22.8. The van der Waals surface area contributed by atoms with Gasteiger partial charge < -0.3 is 15.2 Å². The summed E-state index contributed by atoms with van der Waals surface area (Å²) in [6.45, 7) is 3.31.